The molecular formula is C38H54F6. The van der Waals surface area contributed by atoms with Gasteiger partial charge in [-0.1, -0.05) is 87.4 Å². The zero-order valence-electron chi connectivity index (χ0n) is 26.7. The van der Waals surface area contributed by atoms with Crippen LogP contribution in [0.1, 0.15) is 138 Å². The largest absolute Gasteiger partial charge is 0.298 e. The number of halogens is 6. The van der Waals surface area contributed by atoms with Crippen molar-refractivity contribution in [3.63, 3.8) is 0 Å². The van der Waals surface area contributed by atoms with Crippen LogP contribution >= 0.6 is 0 Å². The van der Waals surface area contributed by atoms with Gasteiger partial charge in [0, 0.05) is 0 Å². The fourth-order valence-corrected chi connectivity index (χ4v) is 6.74. The molecule has 0 N–H and O–H groups in total. The summed E-state index contributed by atoms with van der Waals surface area (Å²) in [6.45, 7) is 1.52. The lowest BCUT2D eigenvalue weighted by Gasteiger charge is -2.29. The highest BCUT2D eigenvalue weighted by molar-refractivity contribution is 5.26. The molecule has 0 unspecified atom stereocenters. The number of rotatable bonds is 13. The van der Waals surface area contributed by atoms with E-state index in [0.717, 1.165) is 49.0 Å². The Kier molecular flexibility index (Phi) is 20.0. The molecule has 44 heavy (non-hydrogen) atoms. The topological polar surface area (TPSA) is 0 Å². The van der Waals surface area contributed by atoms with Crippen molar-refractivity contribution < 1.29 is 26.3 Å². The minimum Gasteiger partial charge on any atom is -0.251 e. The lowest BCUT2D eigenvalue weighted by atomic mass is 9.77. The molecule has 0 saturated heterocycles. The number of unbranched alkanes of at least 4 members (excludes halogenated alkanes) is 5. The standard InChI is InChI=1S/C20H30F2.C16H23F.C2HF3/c1-16-8-11-19(15-20(16)22)18-12-9-17(10-13-18)7-5-3-2-4-6-14-21;17-13-5-4-6-14-9-11-16(12-10-14)15-7-2-1-3-8-15;3-1-2(4)5/h8,11,15,17-18H,2-7,9-10,12-14H2,1H3;1-3,7-8,14,16H,4-6,9-13H2;1H. The van der Waals surface area contributed by atoms with Crippen LogP contribution in [0.25, 0.3) is 0 Å². The molecule has 0 nitrogen and oxygen atoms in total. The molecule has 0 spiro atoms. The Morgan fingerprint density at radius 3 is 1.59 bits per heavy atom. The van der Waals surface area contributed by atoms with Crippen molar-refractivity contribution in [3.05, 3.63) is 83.4 Å². The molecule has 2 aliphatic carbocycles. The predicted molar refractivity (Wildman–Crippen MR) is 172 cm³/mol. The molecule has 0 bridgehead atoms. The van der Waals surface area contributed by atoms with Gasteiger partial charge in [-0.25, -0.2) is 8.78 Å². The van der Waals surface area contributed by atoms with Crippen LogP contribution in [0, 0.1) is 24.6 Å². The van der Waals surface area contributed by atoms with Crippen LogP contribution in [0.4, 0.5) is 26.3 Å². The highest BCUT2D eigenvalue weighted by Crippen LogP contribution is 2.39. The van der Waals surface area contributed by atoms with E-state index >= 15 is 0 Å². The van der Waals surface area contributed by atoms with E-state index in [1.54, 1.807) is 6.07 Å². The van der Waals surface area contributed by atoms with Gasteiger partial charge >= 0.3 is 0 Å². The Balaban J connectivity index is 0.000000272. The normalized spacial score (nSPS) is 21.3. The van der Waals surface area contributed by atoms with E-state index in [4.69, 9.17) is 0 Å². The Bertz CT molecular complexity index is 1000. The van der Waals surface area contributed by atoms with Crippen LogP contribution in [-0.2, 0) is 0 Å². The van der Waals surface area contributed by atoms with Gasteiger partial charge < -0.3 is 0 Å². The molecule has 0 heterocycles. The number of alkyl halides is 2. The smallest absolute Gasteiger partial charge is 0.251 e. The van der Waals surface area contributed by atoms with Crippen molar-refractivity contribution in [2.75, 3.05) is 13.3 Å². The van der Waals surface area contributed by atoms with E-state index in [9.17, 15) is 26.3 Å². The van der Waals surface area contributed by atoms with E-state index in [0.29, 0.717) is 5.92 Å². The van der Waals surface area contributed by atoms with Crippen LogP contribution < -0.4 is 0 Å². The van der Waals surface area contributed by atoms with Crippen LogP contribution in [0.15, 0.2) is 60.9 Å². The Hall–Kier alpha value is -2.24. The van der Waals surface area contributed by atoms with Gasteiger partial charge in [0.05, 0.1) is 13.3 Å². The first-order valence-corrected chi connectivity index (χ1v) is 16.9. The average molecular weight is 625 g/mol. The molecule has 6 heteroatoms. The molecule has 2 saturated carbocycles. The van der Waals surface area contributed by atoms with Crippen molar-refractivity contribution in [2.45, 2.75) is 128 Å². The van der Waals surface area contributed by atoms with E-state index in [-0.39, 0.29) is 19.2 Å². The van der Waals surface area contributed by atoms with Gasteiger partial charge in [-0.15, -0.1) is 0 Å². The van der Waals surface area contributed by atoms with Gasteiger partial charge in [-0.3, -0.25) is 8.78 Å². The second-order valence-corrected chi connectivity index (χ2v) is 12.7. The van der Waals surface area contributed by atoms with Crippen LogP contribution in [-0.4, -0.2) is 13.3 Å². The molecule has 248 valence electrons. The summed E-state index contributed by atoms with van der Waals surface area (Å²) in [4.78, 5) is 0. The summed E-state index contributed by atoms with van der Waals surface area (Å²) in [6.07, 6.45) is 17.2. The third-order valence-electron chi connectivity index (χ3n) is 9.46. The molecule has 4 rings (SSSR count). The Morgan fingerprint density at radius 2 is 1.09 bits per heavy atom. The summed E-state index contributed by atoms with van der Waals surface area (Å²) >= 11 is 0. The highest BCUT2D eigenvalue weighted by Gasteiger charge is 2.23. The summed E-state index contributed by atoms with van der Waals surface area (Å²) in [5.74, 6) is 2.98. The third-order valence-corrected chi connectivity index (χ3v) is 9.46. The summed E-state index contributed by atoms with van der Waals surface area (Å²) < 4.78 is 68.4. The Morgan fingerprint density at radius 1 is 0.636 bits per heavy atom. The van der Waals surface area contributed by atoms with Gasteiger partial charge in [0.15, 0.2) is 6.33 Å². The minimum atomic E-state index is -2.29. The first-order valence-electron chi connectivity index (χ1n) is 16.9. The van der Waals surface area contributed by atoms with Crippen molar-refractivity contribution in [1.29, 1.82) is 0 Å². The molecule has 0 aliphatic heterocycles. The fraction of sp³-hybridized carbons (Fsp3) is 0.632. The third kappa shape index (κ3) is 15.7. The molecule has 2 aliphatic rings. The van der Waals surface area contributed by atoms with E-state index in [1.807, 2.05) is 13.0 Å². The highest BCUT2D eigenvalue weighted by atomic mass is 19.3. The second-order valence-electron chi connectivity index (χ2n) is 12.7. The van der Waals surface area contributed by atoms with Crippen LogP contribution in [0.3, 0.4) is 0 Å². The SMILES string of the molecule is Cc1ccc(C2CCC(CCCCCCCF)CC2)cc1F.FC=C(F)F.FCCCCC1CCC(c2ccccc2)CC1. The van der Waals surface area contributed by atoms with Crippen molar-refractivity contribution in [3.8, 4) is 0 Å². The lowest BCUT2D eigenvalue weighted by Crippen LogP contribution is -2.13. The van der Waals surface area contributed by atoms with E-state index in [2.05, 4.69) is 36.4 Å². The number of aryl methyl sites for hydroxylation is 1. The zero-order chi connectivity index (χ0) is 32.0. The van der Waals surface area contributed by atoms with Crippen molar-refractivity contribution >= 4 is 0 Å². The Labute approximate surface area is 262 Å². The monoisotopic (exact) mass is 624 g/mol. The van der Waals surface area contributed by atoms with Gasteiger partial charge in [-0.2, -0.15) is 8.78 Å². The molecule has 2 aromatic rings. The van der Waals surface area contributed by atoms with Gasteiger partial charge in [0.1, 0.15) is 5.82 Å². The number of hydrogen-bond donors (Lipinski definition) is 0. The summed E-state index contributed by atoms with van der Waals surface area (Å²) in [7, 11) is 0. The van der Waals surface area contributed by atoms with Crippen molar-refractivity contribution in [2.24, 2.45) is 11.8 Å². The summed E-state index contributed by atoms with van der Waals surface area (Å²) in [5.41, 5.74) is 3.44. The number of hydrogen-bond acceptors (Lipinski definition) is 0. The van der Waals surface area contributed by atoms with Gasteiger partial charge in [0.2, 0.25) is 0 Å². The maximum Gasteiger partial charge on any atom is 0.298 e. The van der Waals surface area contributed by atoms with Gasteiger partial charge in [0.25, 0.3) is 6.08 Å². The van der Waals surface area contributed by atoms with E-state index in [1.165, 1.54) is 94.6 Å². The first-order chi connectivity index (χ1) is 21.4. The molecule has 0 atom stereocenters. The summed E-state index contributed by atoms with van der Waals surface area (Å²) in [5, 5.41) is 0. The van der Waals surface area contributed by atoms with Crippen molar-refractivity contribution in [1.82, 2.24) is 0 Å². The average Bonchev–Trinajstić information content (AvgIpc) is 3.06. The zero-order valence-corrected chi connectivity index (χ0v) is 26.7. The molecular weight excluding hydrogens is 570 g/mol. The van der Waals surface area contributed by atoms with E-state index < -0.39 is 12.4 Å². The molecule has 0 aromatic heterocycles. The fourth-order valence-electron chi connectivity index (χ4n) is 6.74. The molecule has 0 amide bonds. The number of benzene rings is 2. The first kappa shape index (κ1) is 37.9. The van der Waals surface area contributed by atoms with Crippen LogP contribution in [0.2, 0.25) is 0 Å². The maximum atomic E-state index is 13.7. The van der Waals surface area contributed by atoms with Crippen LogP contribution in [0.5, 0.6) is 0 Å². The molecule has 2 fully saturated rings. The minimum absolute atomic E-state index is 0.0621. The van der Waals surface area contributed by atoms with Gasteiger partial charge in [-0.05, 0) is 118 Å². The quantitative estimate of drug-likeness (QED) is 0.154. The maximum absolute atomic E-state index is 13.7. The lowest BCUT2D eigenvalue weighted by molar-refractivity contribution is 0.298. The second kappa shape index (κ2) is 23.1. The molecule has 2 aromatic carbocycles. The molecule has 0 radical (unpaired) electrons. The predicted octanol–water partition coefficient (Wildman–Crippen LogP) is 13.5. The summed E-state index contributed by atoms with van der Waals surface area (Å²) in [6, 6.07) is 16.6.